The Hall–Kier alpha value is -2.89. The van der Waals surface area contributed by atoms with Crippen molar-refractivity contribution in [2.75, 3.05) is 0 Å². The molecule has 2 N–H and O–H groups in total. The van der Waals surface area contributed by atoms with E-state index in [-0.39, 0.29) is 11.1 Å². The maximum absolute atomic E-state index is 13.2. The standard InChI is InChI=1S/C18H16B3F4NO5S/c19-16(9-1-3-11(4-2-9)18(23,24)25)14(27)13(15(26)30-16)31-32(28,29)17(20,21)10-5-7-12(22)8-6-10/h1-8H,19-21,26H2/t16-/m1/s1. The van der Waals surface area contributed by atoms with Gasteiger partial charge < -0.3 is 14.7 Å². The molecule has 0 spiro atoms. The van der Waals surface area contributed by atoms with Gasteiger partial charge in [0.1, 0.15) is 21.5 Å². The van der Waals surface area contributed by atoms with Gasteiger partial charge in [-0.2, -0.15) is 21.6 Å². The first-order valence-electron chi connectivity index (χ1n) is 9.21. The Balaban J connectivity index is 1.90. The summed E-state index contributed by atoms with van der Waals surface area (Å²) < 4.78 is 86.3. The van der Waals surface area contributed by atoms with Crippen molar-refractivity contribution >= 4 is 39.4 Å². The lowest BCUT2D eigenvalue weighted by Gasteiger charge is -2.26. The van der Waals surface area contributed by atoms with Crippen LogP contribution in [0, 0.1) is 5.82 Å². The van der Waals surface area contributed by atoms with Crippen LogP contribution >= 0.6 is 0 Å². The number of carbonyl (C=O) groups excluding carboxylic acids is 1. The lowest BCUT2D eigenvalue weighted by Crippen LogP contribution is -2.40. The zero-order valence-corrected chi connectivity index (χ0v) is 18.0. The van der Waals surface area contributed by atoms with Gasteiger partial charge in [-0.1, -0.05) is 24.3 Å². The molecule has 1 aliphatic rings. The summed E-state index contributed by atoms with van der Waals surface area (Å²) in [6, 6.07) is 8.27. The van der Waals surface area contributed by atoms with E-state index in [1.165, 1.54) is 35.7 Å². The van der Waals surface area contributed by atoms with Crippen molar-refractivity contribution in [3.63, 3.8) is 0 Å². The van der Waals surface area contributed by atoms with Gasteiger partial charge in [-0.05, 0) is 35.4 Å². The quantitative estimate of drug-likeness (QED) is 0.372. The van der Waals surface area contributed by atoms with Crippen LogP contribution in [0.5, 0.6) is 0 Å². The van der Waals surface area contributed by atoms with Gasteiger partial charge in [0.25, 0.3) is 0 Å². The lowest BCUT2D eigenvalue weighted by molar-refractivity contribution is -0.137. The number of hydrogen-bond acceptors (Lipinski definition) is 6. The molecule has 166 valence electrons. The van der Waals surface area contributed by atoms with Crippen LogP contribution in [0.1, 0.15) is 16.7 Å². The first kappa shape index (κ1) is 23.8. The molecule has 2 aromatic carbocycles. The number of alkyl halides is 3. The fourth-order valence-corrected chi connectivity index (χ4v) is 4.11. The largest absolute Gasteiger partial charge is 0.467 e. The van der Waals surface area contributed by atoms with Crippen molar-refractivity contribution < 1.29 is 39.7 Å². The van der Waals surface area contributed by atoms with Crippen LogP contribution in [-0.4, -0.2) is 37.7 Å². The normalized spacial score (nSPS) is 19.7. The zero-order chi connectivity index (χ0) is 24.1. The molecule has 0 saturated heterocycles. The molecule has 0 unspecified atom stereocenters. The minimum absolute atomic E-state index is 0.0206. The predicted molar refractivity (Wildman–Crippen MR) is 114 cm³/mol. The number of rotatable bonds is 5. The number of hydrogen-bond donors (Lipinski definition) is 1. The van der Waals surface area contributed by atoms with Gasteiger partial charge in [-0.25, -0.2) is 4.39 Å². The molecular formula is C18H16B3F4NO5S. The van der Waals surface area contributed by atoms with Crippen molar-refractivity contribution in [1.82, 2.24) is 0 Å². The van der Waals surface area contributed by atoms with Gasteiger partial charge in [0, 0.05) is 0 Å². The number of carbonyl (C=O) groups is 1. The van der Waals surface area contributed by atoms with Crippen molar-refractivity contribution in [3.05, 3.63) is 82.7 Å². The summed E-state index contributed by atoms with van der Waals surface area (Å²) in [5.74, 6) is -2.96. The highest BCUT2D eigenvalue weighted by molar-refractivity contribution is 7.90. The Labute approximate surface area is 184 Å². The molecule has 6 nitrogen and oxygen atoms in total. The number of Topliss-reactive ketones (excluding diaryl/α,β-unsaturated/α-hetero) is 1. The van der Waals surface area contributed by atoms with Gasteiger partial charge >= 0.3 is 16.3 Å². The molecule has 0 amide bonds. The minimum Gasteiger partial charge on any atom is -0.467 e. The van der Waals surface area contributed by atoms with Crippen LogP contribution in [0.2, 0.25) is 0 Å². The average Bonchev–Trinajstić information content (AvgIpc) is 2.91. The maximum Gasteiger partial charge on any atom is 0.416 e. The third kappa shape index (κ3) is 3.99. The highest BCUT2D eigenvalue weighted by Gasteiger charge is 2.51. The van der Waals surface area contributed by atoms with E-state index in [2.05, 4.69) is 0 Å². The second-order valence-electron chi connectivity index (χ2n) is 7.79. The highest BCUT2D eigenvalue weighted by Crippen LogP contribution is 2.39. The molecule has 0 aromatic heterocycles. The third-order valence-electron chi connectivity index (χ3n) is 5.30. The fourth-order valence-electron chi connectivity index (χ4n) is 3.10. The highest BCUT2D eigenvalue weighted by atomic mass is 32.2. The Morgan fingerprint density at radius 1 is 0.969 bits per heavy atom. The molecule has 0 bridgehead atoms. The molecule has 1 aliphatic heterocycles. The Kier molecular flexibility index (Phi) is 5.65. The molecule has 2 aromatic rings. The summed E-state index contributed by atoms with van der Waals surface area (Å²) in [5, 5.41) is 0. The van der Waals surface area contributed by atoms with Crippen molar-refractivity contribution in [3.8, 4) is 0 Å². The van der Waals surface area contributed by atoms with Gasteiger partial charge in [0.05, 0.1) is 10.1 Å². The Morgan fingerprint density at radius 3 is 1.97 bits per heavy atom. The van der Waals surface area contributed by atoms with Crippen LogP contribution in [-0.2, 0) is 40.1 Å². The monoisotopic (exact) mass is 467 g/mol. The van der Waals surface area contributed by atoms with Gasteiger partial charge in [0.15, 0.2) is 13.3 Å². The average molecular weight is 467 g/mol. The van der Waals surface area contributed by atoms with Crippen LogP contribution < -0.4 is 5.73 Å². The van der Waals surface area contributed by atoms with E-state index >= 15 is 0 Å². The lowest BCUT2D eigenvalue weighted by atomic mass is 9.65. The number of ether oxygens (including phenoxy) is 1. The van der Waals surface area contributed by atoms with Crippen molar-refractivity contribution in [2.24, 2.45) is 5.73 Å². The number of benzene rings is 2. The summed E-state index contributed by atoms with van der Waals surface area (Å²) >= 11 is 0. The summed E-state index contributed by atoms with van der Waals surface area (Å²) in [7, 11) is -0.722. The van der Waals surface area contributed by atoms with E-state index in [4.69, 9.17) is 14.7 Å². The van der Waals surface area contributed by atoms with Gasteiger partial charge in [-0.15, -0.1) is 0 Å². The summed E-state index contributed by atoms with van der Waals surface area (Å²) in [6.07, 6.45) is -4.58. The van der Waals surface area contributed by atoms with E-state index in [1.807, 2.05) is 0 Å². The summed E-state index contributed by atoms with van der Waals surface area (Å²) in [5.41, 5.74) is 3.09. The smallest absolute Gasteiger partial charge is 0.416 e. The maximum atomic E-state index is 13.2. The second-order valence-corrected chi connectivity index (χ2v) is 9.88. The Bertz CT molecular complexity index is 1200. The molecular weight excluding hydrogens is 451 g/mol. The SMILES string of the molecule is BC(B)(c1ccc(F)cc1)S(=O)(=O)OC1=C(N)O[C@](B)(c2ccc(C(F)(F)F)cc2)C1=O. The zero-order valence-electron chi connectivity index (χ0n) is 17.2. The molecule has 1 atom stereocenters. The Morgan fingerprint density at radius 2 is 1.47 bits per heavy atom. The van der Waals surface area contributed by atoms with Crippen molar-refractivity contribution in [1.29, 1.82) is 0 Å². The second kappa shape index (κ2) is 7.61. The predicted octanol–water partition coefficient (Wildman–Crippen LogP) is -0.219. The molecule has 14 heteroatoms. The van der Waals surface area contributed by atoms with Gasteiger partial charge in [0.2, 0.25) is 17.4 Å². The topological polar surface area (TPSA) is 95.7 Å². The number of nitrogens with two attached hydrogens (primary N) is 1. The first-order valence-corrected chi connectivity index (χ1v) is 10.6. The fraction of sp³-hybridized carbons (Fsp3) is 0.167. The summed E-state index contributed by atoms with van der Waals surface area (Å²) in [4.78, 5) is 13.0. The van der Waals surface area contributed by atoms with Crippen LogP contribution in [0.4, 0.5) is 17.6 Å². The number of ketones is 1. The van der Waals surface area contributed by atoms with Crippen molar-refractivity contribution in [2.45, 2.75) is 16.2 Å². The van der Waals surface area contributed by atoms with Crippen LogP contribution in [0.3, 0.4) is 0 Å². The molecule has 0 aliphatic carbocycles. The number of halogens is 4. The van der Waals surface area contributed by atoms with E-state index < -0.39 is 55.1 Å². The van der Waals surface area contributed by atoms with Gasteiger partial charge in [-0.3, -0.25) is 4.79 Å². The molecule has 0 radical (unpaired) electrons. The van der Waals surface area contributed by atoms with Crippen LogP contribution in [0.25, 0.3) is 0 Å². The molecule has 0 fully saturated rings. The minimum atomic E-state index is -4.58. The molecule has 1 heterocycles. The summed E-state index contributed by atoms with van der Waals surface area (Å²) in [6.45, 7) is 0. The molecule has 32 heavy (non-hydrogen) atoms. The molecule has 0 saturated carbocycles. The van der Waals surface area contributed by atoms with E-state index in [9.17, 15) is 30.8 Å². The van der Waals surface area contributed by atoms with E-state index in [1.54, 1.807) is 0 Å². The molecule has 3 rings (SSSR count). The van der Waals surface area contributed by atoms with E-state index in [0.717, 1.165) is 36.4 Å². The van der Waals surface area contributed by atoms with E-state index in [0.29, 0.717) is 0 Å². The first-order chi connectivity index (χ1) is 14.6. The van der Waals surface area contributed by atoms with Crippen LogP contribution in [0.15, 0.2) is 60.2 Å². The third-order valence-corrected chi connectivity index (χ3v) is 7.17.